The van der Waals surface area contributed by atoms with Crippen molar-refractivity contribution >= 4 is 39.5 Å². The summed E-state index contributed by atoms with van der Waals surface area (Å²) in [5.41, 5.74) is 1.06. The van der Waals surface area contributed by atoms with Crippen LogP contribution in [0.2, 0.25) is 5.02 Å². The maximum absolute atomic E-state index is 12.9. The number of rotatable bonds is 6. The summed E-state index contributed by atoms with van der Waals surface area (Å²) in [6, 6.07) is 5.39. The van der Waals surface area contributed by atoms with E-state index in [4.69, 9.17) is 21.1 Å². The van der Waals surface area contributed by atoms with Crippen molar-refractivity contribution in [2.45, 2.75) is 51.8 Å². The highest BCUT2D eigenvalue weighted by atomic mass is 79.9. The molecule has 2 aromatic rings. The van der Waals surface area contributed by atoms with Gasteiger partial charge in [0.05, 0.1) is 30.6 Å². The van der Waals surface area contributed by atoms with Crippen LogP contribution in [0.25, 0.3) is 11.3 Å². The van der Waals surface area contributed by atoms with E-state index in [2.05, 4.69) is 31.2 Å². The summed E-state index contributed by atoms with van der Waals surface area (Å²) in [6.45, 7) is 5.82. The second kappa shape index (κ2) is 10.0. The lowest BCUT2D eigenvalue weighted by molar-refractivity contribution is -0.119. The average molecular weight is 526 g/mol. The first-order valence-electron chi connectivity index (χ1n) is 10.2. The van der Waals surface area contributed by atoms with Crippen molar-refractivity contribution in [1.82, 2.24) is 20.2 Å². The van der Waals surface area contributed by atoms with Crippen molar-refractivity contribution in [3.63, 3.8) is 0 Å². The first-order chi connectivity index (χ1) is 15.1. The first kappa shape index (κ1) is 24.3. The number of hydrogen-bond acceptors (Lipinski definition) is 6. The van der Waals surface area contributed by atoms with E-state index in [1.807, 2.05) is 18.2 Å². The van der Waals surface area contributed by atoms with Gasteiger partial charge in [-0.15, -0.1) is 0 Å². The highest BCUT2D eigenvalue weighted by Gasteiger charge is 2.29. The van der Waals surface area contributed by atoms with E-state index in [1.54, 1.807) is 27.0 Å². The predicted octanol–water partition coefficient (Wildman–Crippen LogP) is 4.58. The van der Waals surface area contributed by atoms with E-state index in [9.17, 15) is 9.59 Å². The lowest BCUT2D eigenvalue weighted by Crippen LogP contribution is -2.44. The van der Waals surface area contributed by atoms with E-state index in [0.717, 1.165) is 4.47 Å². The third-order valence-corrected chi connectivity index (χ3v) is 6.05. The Morgan fingerprint density at radius 1 is 1.38 bits per heavy atom. The molecule has 32 heavy (non-hydrogen) atoms. The molecule has 10 heteroatoms. The smallest absolute Gasteiger partial charge is 0.410 e. The molecule has 172 valence electrons. The monoisotopic (exact) mass is 524 g/mol. The molecule has 1 aromatic carbocycles. The molecule has 1 atom stereocenters. The topological polar surface area (TPSA) is 93.7 Å². The van der Waals surface area contributed by atoms with Gasteiger partial charge >= 0.3 is 6.09 Å². The zero-order valence-corrected chi connectivity index (χ0v) is 20.8. The van der Waals surface area contributed by atoms with Crippen LogP contribution in [-0.4, -0.2) is 52.2 Å². The van der Waals surface area contributed by atoms with Gasteiger partial charge in [0, 0.05) is 29.0 Å². The number of halogens is 2. The molecule has 1 aliphatic rings. The molecule has 1 N–H and O–H groups in total. The largest absolute Gasteiger partial charge is 0.480 e. The number of carbonyl (C=O) groups excluding carboxylic acids is 2. The molecule has 0 unspecified atom stereocenters. The fourth-order valence-electron chi connectivity index (χ4n) is 3.29. The van der Waals surface area contributed by atoms with Crippen LogP contribution in [0.5, 0.6) is 5.88 Å². The second-order valence-electron chi connectivity index (χ2n) is 8.48. The maximum Gasteiger partial charge on any atom is 0.410 e. The van der Waals surface area contributed by atoms with Gasteiger partial charge in [-0.3, -0.25) is 9.78 Å². The Kier molecular flexibility index (Phi) is 7.61. The Morgan fingerprint density at radius 3 is 2.75 bits per heavy atom. The fourth-order valence-corrected chi connectivity index (χ4v) is 3.88. The Hall–Kier alpha value is -2.39. The van der Waals surface area contributed by atoms with Crippen molar-refractivity contribution in [3.05, 3.63) is 39.6 Å². The van der Waals surface area contributed by atoms with Gasteiger partial charge in [0.2, 0.25) is 11.8 Å². The van der Waals surface area contributed by atoms with E-state index >= 15 is 0 Å². The third kappa shape index (κ3) is 6.10. The molecule has 0 aliphatic carbocycles. The molecule has 1 aromatic heterocycles. The van der Waals surface area contributed by atoms with Gasteiger partial charge < -0.3 is 19.7 Å². The number of nitrogens with one attached hydrogen (secondary N) is 1. The number of nitrogens with zero attached hydrogens (tertiary/aromatic N) is 3. The molecule has 0 radical (unpaired) electrons. The van der Waals surface area contributed by atoms with Gasteiger partial charge in [0.1, 0.15) is 11.3 Å². The first-order valence-corrected chi connectivity index (χ1v) is 11.4. The quantitative estimate of drug-likeness (QED) is 0.593. The van der Waals surface area contributed by atoms with Crippen LogP contribution in [0.4, 0.5) is 4.79 Å². The Balaban J connectivity index is 1.88. The van der Waals surface area contributed by atoms with Crippen LogP contribution >= 0.6 is 27.5 Å². The molecule has 2 heterocycles. The van der Waals surface area contributed by atoms with Crippen LogP contribution in [0.1, 0.15) is 39.3 Å². The summed E-state index contributed by atoms with van der Waals surface area (Å²) in [4.78, 5) is 35.1. The number of ether oxygens (including phenoxy) is 2. The predicted molar refractivity (Wildman–Crippen MR) is 125 cm³/mol. The van der Waals surface area contributed by atoms with E-state index in [1.165, 1.54) is 12.0 Å². The average Bonchev–Trinajstić information content (AvgIpc) is 3.13. The third-order valence-electron chi connectivity index (χ3n) is 4.75. The van der Waals surface area contributed by atoms with E-state index < -0.39 is 11.7 Å². The fraction of sp³-hybridized carbons (Fsp3) is 0.455. The second-order valence-corrected chi connectivity index (χ2v) is 9.71. The molecule has 3 rings (SSSR count). The summed E-state index contributed by atoms with van der Waals surface area (Å²) in [5.74, 6) is 0.259. The van der Waals surface area contributed by atoms with Gasteiger partial charge in [-0.1, -0.05) is 23.7 Å². The van der Waals surface area contributed by atoms with Crippen LogP contribution in [-0.2, 0) is 16.1 Å². The van der Waals surface area contributed by atoms with Crippen molar-refractivity contribution < 1.29 is 19.1 Å². The SMILES string of the molecule is COc1nc(-c2cccc(Br)c2Cl)cnc1CN(C[C@@H]1CCC(=O)N1)C(=O)OC(C)(C)C. The summed E-state index contributed by atoms with van der Waals surface area (Å²) < 4.78 is 11.8. The minimum absolute atomic E-state index is 0.0215. The number of benzene rings is 1. The van der Waals surface area contributed by atoms with Gasteiger partial charge in [0.25, 0.3) is 0 Å². The Morgan fingerprint density at radius 2 is 2.12 bits per heavy atom. The zero-order valence-electron chi connectivity index (χ0n) is 18.4. The van der Waals surface area contributed by atoms with Crippen molar-refractivity contribution in [1.29, 1.82) is 0 Å². The van der Waals surface area contributed by atoms with Crippen LogP contribution in [0.15, 0.2) is 28.9 Å². The lowest BCUT2D eigenvalue weighted by atomic mass is 10.1. The molecule has 2 amide bonds. The summed E-state index contributed by atoms with van der Waals surface area (Å²) >= 11 is 9.81. The van der Waals surface area contributed by atoms with Crippen LogP contribution in [0.3, 0.4) is 0 Å². The normalized spacial score (nSPS) is 15.9. The molecule has 8 nitrogen and oxygen atoms in total. The highest BCUT2D eigenvalue weighted by molar-refractivity contribution is 9.10. The number of carbonyl (C=O) groups is 2. The molecule has 0 saturated carbocycles. The Bertz CT molecular complexity index is 1010. The van der Waals surface area contributed by atoms with Gasteiger partial charge in [0.15, 0.2) is 0 Å². The maximum atomic E-state index is 12.9. The minimum Gasteiger partial charge on any atom is -0.480 e. The van der Waals surface area contributed by atoms with Gasteiger partial charge in [-0.25, -0.2) is 9.78 Å². The molecular weight excluding hydrogens is 500 g/mol. The van der Waals surface area contributed by atoms with Crippen LogP contribution in [0, 0.1) is 0 Å². The molecule has 0 bridgehead atoms. The number of methoxy groups -OCH3 is 1. The number of amides is 2. The van der Waals surface area contributed by atoms with E-state index in [-0.39, 0.29) is 24.4 Å². The zero-order chi connectivity index (χ0) is 23.5. The molecule has 0 spiro atoms. The summed E-state index contributed by atoms with van der Waals surface area (Å²) in [6.07, 6.45) is 2.19. The van der Waals surface area contributed by atoms with Crippen LogP contribution < -0.4 is 10.1 Å². The molecule has 1 aliphatic heterocycles. The van der Waals surface area contributed by atoms with Gasteiger partial charge in [-0.2, -0.15) is 0 Å². The number of aromatic nitrogens is 2. The van der Waals surface area contributed by atoms with Crippen molar-refractivity contribution in [2.24, 2.45) is 0 Å². The molecule has 1 fully saturated rings. The molecule has 1 saturated heterocycles. The standard InChI is InChI=1S/C22H26BrClN4O4/c1-22(2,3)32-21(30)28(11-13-8-9-18(29)26-13)12-17-20(31-4)27-16(10-25-17)14-6-5-7-15(23)19(14)24/h5-7,10,13H,8-9,11-12H2,1-4H3,(H,26,29)/t13-/m0/s1. The Labute approximate surface area is 200 Å². The minimum atomic E-state index is -0.661. The van der Waals surface area contributed by atoms with Gasteiger partial charge in [-0.05, 0) is 49.2 Å². The summed E-state index contributed by atoms with van der Waals surface area (Å²) in [5, 5.41) is 3.40. The van der Waals surface area contributed by atoms with Crippen molar-refractivity contribution in [3.8, 4) is 17.1 Å². The highest BCUT2D eigenvalue weighted by Crippen LogP contribution is 2.33. The number of hydrogen-bond donors (Lipinski definition) is 1. The summed E-state index contributed by atoms with van der Waals surface area (Å²) in [7, 11) is 1.49. The van der Waals surface area contributed by atoms with Crippen molar-refractivity contribution in [2.75, 3.05) is 13.7 Å². The molecular formula is C22H26BrClN4O4. The van der Waals surface area contributed by atoms with E-state index in [0.29, 0.717) is 41.4 Å². The lowest BCUT2D eigenvalue weighted by Gasteiger charge is -2.29.